The quantitative estimate of drug-likeness (QED) is 0.374. The first kappa shape index (κ1) is 16.7. The Balaban J connectivity index is 0.000000327. The molecule has 18 heavy (non-hydrogen) atoms. The normalized spacial score (nSPS) is 9.00. The van der Waals surface area contributed by atoms with Crippen LogP contribution in [-0.4, -0.2) is 25.7 Å². The summed E-state index contributed by atoms with van der Waals surface area (Å²) in [5.41, 5.74) is 1.18. The van der Waals surface area contributed by atoms with Gasteiger partial charge in [0, 0.05) is 18.5 Å². The van der Waals surface area contributed by atoms with E-state index in [0.717, 1.165) is 12.6 Å². The zero-order chi connectivity index (χ0) is 13.6. The molecule has 1 aromatic carbocycles. The van der Waals surface area contributed by atoms with Gasteiger partial charge in [-0.1, -0.05) is 43.8 Å². The van der Waals surface area contributed by atoms with E-state index < -0.39 is 0 Å². The Morgan fingerprint density at radius 2 is 2.11 bits per heavy atom. The number of rotatable bonds is 6. The highest BCUT2D eigenvalue weighted by Crippen LogP contribution is 2.00. The van der Waals surface area contributed by atoms with Crippen LogP contribution in [0, 0.1) is 0 Å². The zero-order valence-corrected chi connectivity index (χ0v) is 11.5. The van der Waals surface area contributed by atoms with Gasteiger partial charge < -0.3 is 10.1 Å². The van der Waals surface area contributed by atoms with Gasteiger partial charge in [-0.2, -0.15) is 0 Å². The lowest BCUT2D eigenvalue weighted by molar-refractivity contribution is -0.137. The first-order valence-corrected chi connectivity index (χ1v) is 6.37. The molecule has 1 N–H and O–H groups in total. The summed E-state index contributed by atoms with van der Waals surface area (Å²) >= 11 is 5.53. The molecule has 0 amide bonds. The number of likely N-dealkylation sites (N-methyl/N-ethyl adjacent to an activating group) is 1. The molecule has 0 aromatic heterocycles. The van der Waals surface area contributed by atoms with Crippen molar-refractivity contribution in [1.82, 2.24) is 5.32 Å². The molecule has 0 aliphatic rings. The molecule has 0 fully saturated rings. The van der Waals surface area contributed by atoms with Crippen molar-refractivity contribution < 1.29 is 9.53 Å². The number of alkyl halides is 1. The zero-order valence-electron chi connectivity index (χ0n) is 10.7. The summed E-state index contributed by atoms with van der Waals surface area (Å²) in [7, 11) is 0. The Morgan fingerprint density at radius 1 is 1.44 bits per heavy atom. The average Bonchev–Trinajstić information content (AvgIpc) is 2.45. The van der Waals surface area contributed by atoms with Crippen molar-refractivity contribution in [2.75, 3.05) is 19.7 Å². The minimum atomic E-state index is -0.363. The van der Waals surface area contributed by atoms with Gasteiger partial charge in [0.1, 0.15) is 6.61 Å². The Labute approximate surface area is 114 Å². The molecule has 0 spiro atoms. The summed E-state index contributed by atoms with van der Waals surface area (Å²) in [6, 6.07) is 9.96. The first-order valence-electron chi connectivity index (χ1n) is 5.84. The second-order valence-corrected chi connectivity index (χ2v) is 3.61. The van der Waals surface area contributed by atoms with E-state index in [2.05, 4.69) is 16.6 Å². The van der Waals surface area contributed by atoms with E-state index in [-0.39, 0.29) is 5.97 Å². The molecule has 4 heteroatoms. The summed E-state index contributed by atoms with van der Waals surface area (Å²) in [6.45, 7) is 7.27. The first-order chi connectivity index (χ1) is 8.74. The highest BCUT2D eigenvalue weighted by molar-refractivity contribution is 6.17. The number of hydrogen-bond donors (Lipinski definition) is 1. The third kappa shape index (κ3) is 9.87. The standard InChI is InChI=1S/C7H7Cl.C7H13NO2/c8-6-7-4-2-1-3-5-7;1-3-7(9)10-6-5-8-4-2/h1-5H,6H2;3,8H,1,4-6H2,2H3. The van der Waals surface area contributed by atoms with Gasteiger partial charge in [0.2, 0.25) is 0 Å². The maximum atomic E-state index is 10.4. The average molecular weight is 270 g/mol. The maximum absolute atomic E-state index is 10.4. The Bertz CT molecular complexity index is 328. The molecule has 100 valence electrons. The van der Waals surface area contributed by atoms with Crippen molar-refractivity contribution in [2.24, 2.45) is 0 Å². The molecule has 0 saturated carbocycles. The number of esters is 1. The van der Waals surface area contributed by atoms with Crippen LogP contribution in [0.4, 0.5) is 0 Å². The third-order valence-electron chi connectivity index (χ3n) is 1.94. The molecule has 3 nitrogen and oxygen atoms in total. The van der Waals surface area contributed by atoms with E-state index in [1.807, 2.05) is 37.3 Å². The molecule has 0 heterocycles. The highest BCUT2D eigenvalue weighted by Gasteiger charge is 1.91. The molecule has 0 unspecified atom stereocenters. The number of halogens is 1. The SMILES string of the molecule is C=CC(=O)OCCNCC.ClCc1ccccc1. The van der Waals surface area contributed by atoms with E-state index in [4.69, 9.17) is 11.6 Å². The molecular formula is C14H20ClNO2. The second-order valence-electron chi connectivity index (χ2n) is 3.34. The number of carbonyl (C=O) groups excluding carboxylic acids is 1. The van der Waals surface area contributed by atoms with Crippen LogP contribution >= 0.6 is 11.6 Å². The van der Waals surface area contributed by atoms with Gasteiger partial charge in [-0.25, -0.2) is 4.79 Å². The van der Waals surface area contributed by atoms with Crippen LogP contribution in [0.1, 0.15) is 12.5 Å². The summed E-state index contributed by atoms with van der Waals surface area (Å²) in [5, 5.41) is 3.02. The summed E-state index contributed by atoms with van der Waals surface area (Å²) in [6.07, 6.45) is 1.16. The molecule has 0 saturated heterocycles. The van der Waals surface area contributed by atoms with Crippen LogP contribution < -0.4 is 5.32 Å². The molecule has 0 aliphatic carbocycles. The molecule has 0 radical (unpaired) electrons. The number of ether oxygens (including phenoxy) is 1. The van der Waals surface area contributed by atoms with Gasteiger partial charge in [-0.05, 0) is 12.1 Å². The van der Waals surface area contributed by atoms with Crippen LogP contribution in [0.5, 0.6) is 0 Å². The molecule has 0 aliphatic heterocycles. The van der Waals surface area contributed by atoms with Gasteiger partial charge in [-0.3, -0.25) is 0 Å². The van der Waals surface area contributed by atoms with E-state index in [1.54, 1.807) is 0 Å². The smallest absolute Gasteiger partial charge is 0.330 e. The Hall–Kier alpha value is -1.32. The van der Waals surface area contributed by atoms with Gasteiger partial charge in [0.25, 0.3) is 0 Å². The van der Waals surface area contributed by atoms with Crippen molar-refractivity contribution in [3.8, 4) is 0 Å². The van der Waals surface area contributed by atoms with Crippen LogP contribution in [0.25, 0.3) is 0 Å². The summed E-state index contributed by atoms with van der Waals surface area (Å²) in [5.74, 6) is 0.249. The van der Waals surface area contributed by atoms with Crippen molar-refractivity contribution in [3.05, 3.63) is 48.6 Å². The Morgan fingerprint density at radius 3 is 2.56 bits per heavy atom. The number of carbonyl (C=O) groups is 1. The Kier molecular flexibility index (Phi) is 11.3. The molecule has 1 rings (SSSR count). The summed E-state index contributed by atoms with van der Waals surface area (Å²) < 4.78 is 4.67. The fraction of sp³-hybridized carbons (Fsp3) is 0.357. The fourth-order valence-corrected chi connectivity index (χ4v) is 1.20. The van der Waals surface area contributed by atoms with Gasteiger partial charge in [0.15, 0.2) is 0 Å². The fourth-order valence-electron chi connectivity index (χ4n) is 1.03. The van der Waals surface area contributed by atoms with Crippen LogP contribution in [0.15, 0.2) is 43.0 Å². The number of nitrogens with one attached hydrogen (secondary N) is 1. The lowest BCUT2D eigenvalue weighted by Gasteiger charge is -2.00. The van der Waals surface area contributed by atoms with Crippen molar-refractivity contribution in [2.45, 2.75) is 12.8 Å². The predicted molar refractivity (Wildman–Crippen MR) is 75.7 cm³/mol. The maximum Gasteiger partial charge on any atom is 0.330 e. The van der Waals surface area contributed by atoms with Gasteiger partial charge in [-0.15, -0.1) is 11.6 Å². The van der Waals surface area contributed by atoms with E-state index in [1.165, 1.54) is 5.56 Å². The molecular weight excluding hydrogens is 250 g/mol. The number of benzene rings is 1. The second kappa shape index (κ2) is 12.1. The van der Waals surface area contributed by atoms with Crippen LogP contribution in [0.2, 0.25) is 0 Å². The van der Waals surface area contributed by atoms with Crippen molar-refractivity contribution in [1.29, 1.82) is 0 Å². The molecule has 0 atom stereocenters. The molecule has 1 aromatic rings. The molecule has 0 bridgehead atoms. The van der Waals surface area contributed by atoms with E-state index in [9.17, 15) is 4.79 Å². The lowest BCUT2D eigenvalue weighted by atomic mass is 10.2. The topological polar surface area (TPSA) is 38.3 Å². The van der Waals surface area contributed by atoms with E-state index in [0.29, 0.717) is 19.0 Å². The highest BCUT2D eigenvalue weighted by atomic mass is 35.5. The minimum Gasteiger partial charge on any atom is -0.461 e. The minimum absolute atomic E-state index is 0.363. The van der Waals surface area contributed by atoms with Gasteiger partial charge >= 0.3 is 5.97 Å². The monoisotopic (exact) mass is 269 g/mol. The third-order valence-corrected chi connectivity index (χ3v) is 2.25. The lowest BCUT2D eigenvalue weighted by Crippen LogP contribution is -2.20. The van der Waals surface area contributed by atoms with Crippen LogP contribution in [-0.2, 0) is 15.4 Å². The van der Waals surface area contributed by atoms with Crippen molar-refractivity contribution >= 4 is 17.6 Å². The largest absolute Gasteiger partial charge is 0.461 e. The van der Waals surface area contributed by atoms with Gasteiger partial charge in [0.05, 0.1) is 0 Å². The summed E-state index contributed by atoms with van der Waals surface area (Å²) in [4.78, 5) is 10.4. The number of hydrogen-bond acceptors (Lipinski definition) is 3. The van der Waals surface area contributed by atoms with E-state index >= 15 is 0 Å². The van der Waals surface area contributed by atoms with Crippen LogP contribution in [0.3, 0.4) is 0 Å². The van der Waals surface area contributed by atoms with Crippen molar-refractivity contribution in [3.63, 3.8) is 0 Å². The predicted octanol–water partition coefficient (Wildman–Crippen LogP) is 2.75.